The number of rotatable bonds is 9. The Hall–Kier alpha value is -0.650. The van der Waals surface area contributed by atoms with Gasteiger partial charge in [-0.05, 0) is 26.8 Å². The summed E-state index contributed by atoms with van der Waals surface area (Å²) in [5.41, 5.74) is 0. The lowest BCUT2D eigenvalue weighted by Crippen LogP contribution is -2.41. The topological polar surface area (TPSA) is 50.8 Å². The maximum absolute atomic E-state index is 12.3. The first-order valence-electron chi connectivity index (χ1n) is 6.94. The van der Waals surface area contributed by atoms with E-state index in [2.05, 4.69) is 5.32 Å². The molecule has 1 unspecified atom stereocenters. The molecule has 0 aromatic heterocycles. The van der Waals surface area contributed by atoms with E-state index in [1.165, 1.54) is 0 Å². The zero-order valence-corrected chi connectivity index (χ0v) is 11.6. The quantitative estimate of drug-likeness (QED) is 0.612. The molecule has 5 nitrogen and oxygen atoms in total. The van der Waals surface area contributed by atoms with E-state index in [0.29, 0.717) is 39.5 Å². The molecule has 1 fully saturated rings. The summed E-state index contributed by atoms with van der Waals surface area (Å²) < 4.78 is 10.7. The molecule has 0 radical (unpaired) electrons. The summed E-state index contributed by atoms with van der Waals surface area (Å²) in [6, 6.07) is 0. The van der Waals surface area contributed by atoms with Crippen molar-refractivity contribution in [3.63, 3.8) is 0 Å². The van der Waals surface area contributed by atoms with Crippen molar-refractivity contribution in [3.05, 3.63) is 0 Å². The predicted molar refractivity (Wildman–Crippen MR) is 70.5 cm³/mol. The van der Waals surface area contributed by atoms with Crippen LogP contribution in [0.4, 0.5) is 0 Å². The van der Waals surface area contributed by atoms with Crippen molar-refractivity contribution < 1.29 is 14.3 Å². The average molecular weight is 258 g/mol. The highest BCUT2D eigenvalue weighted by Gasteiger charge is 2.26. The molecule has 1 atom stereocenters. The van der Waals surface area contributed by atoms with Crippen LogP contribution in [0.25, 0.3) is 0 Å². The van der Waals surface area contributed by atoms with Crippen LogP contribution in [-0.2, 0) is 14.3 Å². The molecule has 0 aromatic carbocycles. The first kappa shape index (κ1) is 15.4. The Bertz CT molecular complexity index is 220. The SMILES string of the molecule is CCOCCN(CCOCC)C(=O)C1CCNC1. The van der Waals surface area contributed by atoms with Crippen molar-refractivity contribution in [2.24, 2.45) is 5.92 Å². The second-order valence-electron chi connectivity index (χ2n) is 4.41. The van der Waals surface area contributed by atoms with Gasteiger partial charge in [0.2, 0.25) is 5.91 Å². The first-order chi connectivity index (χ1) is 8.79. The van der Waals surface area contributed by atoms with E-state index in [1.807, 2.05) is 18.7 Å². The molecule has 1 saturated heterocycles. The molecule has 0 aromatic rings. The van der Waals surface area contributed by atoms with E-state index in [4.69, 9.17) is 9.47 Å². The lowest BCUT2D eigenvalue weighted by Gasteiger charge is -2.25. The Morgan fingerprint density at radius 3 is 2.28 bits per heavy atom. The maximum atomic E-state index is 12.3. The predicted octanol–water partition coefficient (Wildman–Crippen LogP) is 0.498. The molecule has 18 heavy (non-hydrogen) atoms. The number of carbonyl (C=O) groups is 1. The van der Waals surface area contributed by atoms with Crippen LogP contribution in [0.1, 0.15) is 20.3 Å². The summed E-state index contributed by atoms with van der Waals surface area (Å²) in [7, 11) is 0. The van der Waals surface area contributed by atoms with Crippen LogP contribution in [0, 0.1) is 5.92 Å². The molecule has 106 valence electrons. The van der Waals surface area contributed by atoms with Gasteiger partial charge in [-0.1, -0.05) is 0 Å². The number of nitrogens with zero attached hydrogens (tertiary/aromatic N) is 1. The fourth-order valence-electron chi connectivity index (χ4n) is 2.09. The van der Waals surface area contributed by atoms with E-state index >= 15 is 0 Å². The van der Waals surface area contributed by atoms with Gasteiger partial charge < -0.3 is 19.7 Å². The smallest absolute Gasteiger partial charge is 0.227 e. The molecular weight excluding hydrogens is 232 g/mol. The number of ether oxygens (including phenoxy) is 2. The van der Waals surface area contributed by atoms with Gasteiger partial charge in [0, 0.05) is 32.8 Å². The van der Waals surface area contributed by atoms with Crippen LogP contribution in [0.5, 0.6) is 0 Å². The number of carbonyl (C=O) groups excluding carboxylic acids is 1. The molecule has 5 heteroatoms. The Morgan fingerprint density at radius 2 is 1.83 bits per heavy atom. The standard InChI is InChI=1S/C13H26N2O3/c1-3-17-9-7-15(8-10-18-4-2)13(16)12-5-6-14-11-12/h12,14H,3-11H2,1-2H3. The second-order valence-corrected chi connectivity index (χ2v) is 4.41. The second kappa shape index (κ2) is 9.30. The monoisotopic (exact) mass is 258 g/mol. The zero-order chi connectivity index (χ0) is 13.2. The van der Waals surface area contributed by atoms with E-state index in [1.54, 1.807) is 0 Å². The summed E-state index contributed by atoms with van der Waals surface area (Å²) >= 11 is 0. The number of amides is 1. The third-order valence-electron chi connectivity index (χ3n) is 3.14. The highest BCUT2D eigenvalue weighted by atomic mass is 16.5. The van der Waals surface area contributed by atoms with Gasteiger partial charge in [0.05, 0.1) is 19.1 Å². The lowest BCUT2D eigenvalue weighted by molar-refractivity contribution is -0.136. The molecule has 0 saturated carbocycles. The minimum absolute atomic E-state index is 0.133. The summed E-state index contributed by atoms with van der Waals surface area (Å²) in [4.78, 5) is 14.2. The van der Waals surface area contributed by atoms with Crippen LogP contribution >= 0.6 is 0 Å². The number of hydrogen-bond donors (Lipinski definition) is 1. The molecule has 1 N–H and O–H groups in total. The molecule has 1 aliphatic heterocycles. The van der Waals surface area contributed by atoms with Gasteiger partial charge in [-0.2, -0.15) is 0 Å². The Morgan fingerprint density at radius 1 is 1.22 bits per heavy atom. The highest BCUT2D eigenvalue weighted by Crippen LogP contribution is 2.11. The van der Waals surface area contributed by atoms with Crippen molar-refractivity contribution in [1.29, 1.82) is 0 Å². The van der Waals surface area contributed by atoms with Crippen molar-refractivity contribution in [1.82, 2.24) is 10.2 Å². The average Bonchev–Trinajstić information content (AvgIpc) is 2.90. The third-order valence-corrected chi connectivity index (χ3v) is 3.14. The summed E-state index contributed by atoms with van der Waals surface area (Å²) in [5.74, 6) is 0.368. The van der Waals surface area contributed by atoms with Crippen LogP contribution < -0.4 is 5.32 Å². The van der Waals surface area contributed by atoms with Crippen molar-refractivity contribution in [3.8, 4) is 0 Å². The lowest BCUT2D eigenvalue weighted by atomic mass is 10.1. The van der Waals surface area contributed by atoms with Crippen molar-refractivity contribution in [2.45, 2.75) is 20.3 Å². The molecule has 0 bridgehead atoms. The van der Waals surface area contributed by atoms with E-state index < -0.39 is 0 Å². The molecule has 1 amide bonds. The van der Waals surface area contributed by atoms with E-state index in [-0.39, 0.29) is 11.8 Å². The van der Waals surface area contributed by atoms with Crippen molar-refractivity contribution >= 4 is 5.91 Å². The Labute approximate surface area is 110 Å². The molecular formula is C13H26N2O3. The highest BCUT2D eigenvalue weighted by molar-refractivity contribution is 5.79. The van der Waals surface area contributed by atoms with Crippen LogP contribution in [0.3, 0.4) is 0 Å². The largest absolute Gasteiger partial charge is 0.380 e. The summed E-state index contributed by atoms with van der Waals surface area (Å²) in [5, 5.41) is 3.23. The molecule has 1 heterocycles. The van der Waals surface area contributed by atoms with Crippen LogP contribution in [0.15, 0.2) is 0 Å². The summed E-state index contributed by atoms with van der Waals surface area (Å²) in [6.07, 6.45) is 0.943. The van der Waals surface area contributed by atoms with Crippen molar-refractivity contribution in [2.75, 3.05) is 52.6 Å². The van der Waals surface area contributed by atoms with Gasteiger partial charge in [0.15, 0.2) is 0 Å². The Kier molecular flexibility index (Phi) is 7.96. The van der Waals surface area contributed by atoms with E-state index in [0.717, 1.165) is 19.5 Å². The number of hydrogen-bond acceptors (Lipinski definition) is 4. The Balaban J connectivity index is 2.38. The van der Waals surface area contributed by atoms with Crippen LogP contribution in [0.2, 0.25) is 0 Å². The zero-order valence-electron chi connectivity index (χ0n) is 11.6. The maximum Gasteiger partial charge on any atom is 0.227 e. The van der Waals surface area contributed by atoms with Gasteiger partial charge in [0.25, 0.3) is 0 Å². The molecule has 1 rings (SSSR count). The third kappa shape index (κ3) is 5.33. The molecule has 0 spiro atoms. The van der Waals surface area contributed by atoms with Gasteiger partial charge in [-0.25, -0.2) is 0 Å². The van der Waals surface area contributed by atoms with Gasteiger partial charge in [0.1, 0.15) is 0 Å². The minimum atomic E-state index is 0.133. The fourth-order valence-corrected chi connectivity index (χ4v) is 2.09. The number of nitrogens with one attached hydrogen (secondary N) is 1. The van der Waals surface area contributed by atoms with Gasteiger partial charge >= 0.3 is 0 Å². The van der Waals surface area contributed by atoms with Crippen LogP contribution in [-0.4, -0.2) is 63.4 Å². The first-order valence-corrected chi connectivity index (χ1v) is 6.94. The fraction of sp³-hybridized carbons (Fsp3) is 0.923. The molecule has 0 aliphatic carbocycles. The van der Waals surface area contributed by atoms with Gasteiger partial charge in [-0.15, -0.1) is 0 Å². The van der Waals surface area contributed by atoms with E-state index in [9.17, 15) is 4.79 Å². The minimum Gasteiger partial charge on any atom is -0.380 e. The van der Waals surface area contributed by atoms with Gasteiger partial charge in [-0.3, -0.25) is 4.79 Å². The summed E-state index contributed by atoms with van der Waals surface area (Å²) in [6.45, 7) is 9.60. The normalized spacial score (nSPS) is 19.1. The molecule has 1 aliphatic rings.